The van der Waals surface area contributed by atoms with Crippen molar-refractivity contribution in [2.24, 2.45) is 0 Å². The molecule has 1 heterocycles. The quantitative estimate of drug-likeness (QED) is 0.810. The third-order valence-electron chi connectivity index (χ3n) is 3.38. The third-order valence-corrected chi connectivity index (χ3v) is 5.28. The molecule has 0 aliphatic carbocycles. The summed E-state index contributed by atoms with van der Waals surface area (Å²) in [6.07, 6.45) is 0.590. The number of benzene rings is 1. The van der Waals surface area contributed by atoms with E-state index in [0.29, 0.717) is 19.5 Å². The first kappa shape index (κ1) is 18.9. The highest BCUT2D eigenvalue weighted by molar-refractivity contribution is 7.89. The average Bonchev–Trinajstić information content (AvgIpc) is 2.77. The molecule has 22 heavy (non-hydrogen) atoms. The highest BCUT2D eigenvalue weighted by Gasteiger charge is 2.29. The smallest absolute Gasteiger partial charge is 0.239 e. The molecule has 1 amide bonds. The van der Waals surface area contributed by atoms with Gasteiger partial charge < -0.3 is 10.6 Å². The van der Waals surface area contributed by atoms with Crippen molar-refractivity contribution in [2.75, 3.05) is 30.7 Å². The minimum absolute atomic E-state index is 0. The Labute approximate surface area is 137 Å². The van der Waals surface area contributed by atoms with Gasteiger partial charge in [-0.2, -0.15) is 4.31 Å². The Morgan fingerprint density at radius 3 is 2.68 bits per heavy atom. The van der Waals surface area contributed by atoms with Gasteiger partial charge >= 0.3 is 0 Å². The Morgan fingerprint density at radius 2 is 2.05 bits per heavy atom. The molecule has 0 unspecified atom stereocenters. The molecule has 0 spiro atoms. The summed E-state index contributed by atoms with van der Waals surface area (Å²) in [6, 6.07) is 7.51. The number of nitrogens with zero attached hydrogens (tertiary/aromatic N) is 1. The highest BCUT2D eigenvalue weighted by Crippen LogP contribution is 2.16. The molecule has 2 rings (SSSR count). The van der Waals surface area contributed by atoms with E-state index in [-0.39, 0.29) is 30.6 Å². The molecule has 0 saturated carbocycles. The van der Waals surface area contributed by atoms with Crippen molar-refractivity contribution in [3.05, 3.63) is 29.8 Å². The van der Waals surface area contributed by atoms with Crippen LogP contribution in [0.1, 0.15) is 18.9 Å². The predicted octanol–water partition coefficient (Wildman–Crippen LogP) is 1.19. The molecule has 2 N–H and O–H groups in total. The first-order valence-corrected chi connectivity index (χ1v) is 8.70. The fraction of sp³-hybridized carbons (Fsp3) is 0.500. The SMILES string of the molecule is CCNCc1ccccc1NC(=O)CN1CCCS1(=O)=O.Cl. The topological polar surface area (TPSA) is 78.5 Å². The summed E-state index contributed by atoms with van der Waals surface area (Å²) in [5.41, 5.74) is 1.71. The van der Waals surface area contributed by atoms with Crippen LogP contribution in [0.15, 0.2) is 24.3 Å². The third kappa shape index (κ3) is 4.95. The number of rotatable bonds is 6. The van der Waals surface area contributed by atoms with Crippen LogP contribution >= 0.6 is 12.4 Å². The summed E-state index contributed by atoms with van der Waals surface area (Å²) in [4.78, 5) is 12.0. The van der Waals surface area contributed by atoms with Crippen molar-refractivity contribution in [2.45, 2.75) is 19.9 Å². The number of amides is 1. The minimum atomic E-state index is -3.24. The highest BCUT2D eigenvalue weighted by atomic mass is 35.5. The van der Waals surface area contributed by atoms with Crippen molar-refractivity contribution in [1.29, 1.82) is 0 Å². The maximum absolute atomic E-state index is 12.0. The van der Waals surface area contributed by atoms with E-state index in [1.807, 2.05) is 31.2 Å². The molecular formula is C14H22ClN3O3S. The maximum atomic E-state index is 12.0. The zero-order chi connectivity index (χ0) is 15.3. The molecule has 0 atom stereocenters. The van der Waals surface area contributed by atoms with Crippen LogP contribution in [0.2, 0.25) is 0 Å². The van der Waals surface area contributed by atoms with Gasteiger partial charge in [0.05, 0.1) is 12.3 Å². The molecule has 0 radical (unpaired) electrons. The second-order valence-electron chi connectivity index (χ2n) is 4.99. The van der Waals surface area contributed by atoms with Gasteiger partial charge in [0, 0.05) is 18.8 Å². The molecule has 1 aliphatic heterocycles. The number of halogens is 1. The standard InChI is InChI=1S/C14H21N3O3S.ClH/c1-2-15-10-12-6-3-4-7-13(12)16-14(18)11-17-8-5-9-21(17,19)20;/h3-4,6-7,15H,2,5,8-11H2,1H3,(H,16,18);1H. The van der Waals surface area contributed by atoms with E-state index in [1.165, 1.54) is 4.31 Å². The van der Waals surface area contributed by atoms with Crippen LogP contribution in [0.5, 0.6) is 0 Å². The monoisotopic (exact) mass is 347 g/mol. The molecule has 1 aromatic rings. The minimum Gasteiger partial charge on any atom is -0.325 e. The number of hydrogen-bond acceptors (Lipinski definition) is 4. The molecule has 0 bridgehead atoms. The number of carbonyl (C=O) groups excluding carboxylic acids is 1. The van der Waals surface area contributed by atoms with E-state index in [4.69, 9.17) is 0 Å². The van der Waals surface area contributed by atoms with Crippen molar-refractivity contribution >= 4 is 34.0 Å². The molecule has 124 valence electrons. The van der Waals surface area contributed by atoms with Crippen LogP contribution in [0.4, 0.5) is 5.69 Å². The molecule has 0 aromatic heterocycles. The first-order chi connectivity index (χ1) is 10.0. The van der Waals surface area contributed by atoms with Gasteiger partial charge in [0.2, 0.25) is 15.9 Å². The van der Waals surface area contributed by atoms with E-state index >= 15 is 0 Å². The summed E-state index contributed by atoms with van der Waals surface area (Å²) in [5.74, 6) is -0.165. The summed E-state index contributed by atoms with van der Waals surface area (Å²) in [7, 11) is -3.24. The van der Waals surface area contributed by atoms with Crippen LogP contribution in [-0.4, -0.2) is 44.0 Å². The fourth-order valence-electron chi connectivity index (χ4n) is 2.27. The van der Waals surface area contributed by atoms with Crippen molar-refractivity contribution in [3.8, 4) is 0 Å². The molecule has 6 nitrogen and oxygen atoms in total. The van der Waals surface area contributed by atoms with Gasteiger partial charge in [-0.1, -0.05) is 25.1 Å². The van der Waals surface area contributed by atoms with Crippen LogP contribution in [-0.2, 0) is 21.4 Å². The Hall–Kier alpha value is -1.15. The van der Waals surface area contributed by atoms with Gasteiger partial charge in [0.1, 0.15) is 0 Å². The van der Waals surface area contributed by atoms with Gasteiger partial charge in [-0.3, -0.25) is 4.79 Å². The van der Waals surface area contributed by atoms with Crippen LogP contribution in [0.3, 0.4) is 0 Å². The zero-order valence-corrected chi connectivity index (χ0v) is 14.2. The van der Waals surface area contributed by atoms with Crippen molar-refractivity contribution in [3.63, 3.8) is 0 Å². The van der Waals surface area contributed by atoms with E-state index in [0.717, 1.165) is 17.8 Å². The van der Waals surface area contributed by atoms with E-state index in [2.05, 4.69) is 10.6 Å². The molecule has 1 fully saturated rings. The molecular weight excluding hydrogens is 326 g/mol. The summed E-state index contributed by atoms with van der Waals surface area (Å²) < 4.78 is 24.6. The van der Waals surface area contributed by atoms with Gasteiger partial charge in [0.25, 0.3) is 0 Å². The Bertz CT molecular complexity index is 607. The van der Waals surface area contributed by atoms with Gasteiger partial charge in [-0.25, -0.2) is 8.42 Å². The van der Waals surface area contributed by atoms with E-state index < -0.39 is 10.0 Å². The second kappa shape index (κ2) is 8.47. The zero-order valence-electron chi connectivity index (χ0n) is 12.5. The maximum Gasteiger partial charge on any atom is 0.239 e. The second-order valence-corrected chi connectivity index (χ2v) is 7.08. The van der Waals surface area contributed by atoms with E-state index in [1.54, 1.807) is 0 Å². The van der Waals surface area contributed by atoms with Crippen LogP contribution in [0, 0.1) is 0 Å². The first-order valence-electron chi connectivity index (χ1n) is 7.09. The Kier molecular flexibility index (Phi) is 7.28. The molecule has 1 saturated heterocycles. The Morgan fingerprint density at radius 1 is 1.32 bits per heavy atom. The predicted molar refractivity (Wildman–Crippen MR) is 89.7 cm³/mol. The number of sulfonamides is 1. The lowest BCUT2D eigenvalue weighted by atomic mass is 10.1. The van der Waals surface area contributed by atoms with Crippen molar-refractivity contribution in [1.82, 2.24) is 9.62 Å². The summed E-state index contributed by atoms with van der Waals surface area (Å²) in [6.45, 7) is 3.83. The molecule has 8 heteroatoms. The number of carbonyl (C=O) groups is 1. The van der Waals surface area contributed by atoms with Crippen LogP contribution < -0.4 is 10.6 Å². The number of hydrogen-bond donors (Lipinski definition) is 2. The normalized spacial score (nSPS) is 17.0. The Balaban J connectivity index is 0.00000242. The fourth-order valence-corrected chi connectivity index (χ4v) is 3.75. The lowest BCUT2D eigenvalue weighted by molar-refractivity contribution is -0.116. The summed E-state index contributed by atoms with van der Waals surface area (Å²) in [5, 5.41) is 6.01. The number of anilines is 1. The van der Waals surface area contributed by atoms with E-state index in [9.17, 15) is 13.2 Å². The average molecular weight is 348 g/mol. The van der Waals surface area contributed by atoms with Gasteiger partial charge in [-0.05, 0) is 24.6 Å². The van der Waals surface area contributed by atoms with Gasteiger partial charge in [0.15, 0.2) is 0 Å². The molecule has 1 aromatic carbocycles. The lowest BCUT2D eigenvalue weighted by Crippen LogP contribution is -2.34. The molecule has 1 aliphatic rings. The van der Waals surface area contributed by atoms with Crippen molar-refractivity contribution < 1.29 is 13.2 Å². The number of para-hydroxylation sites is 1. The summed E-state index contributed by atoms with van der Waals surface area (Å²) >= 11 is 0. The number of nitrogens with one attached hydrogen (secondary N) is 2. The van der Waals surface area contributed by atoms with Gasteiger partial charge in [-0.15, -0.1) is 12.4 Å². The lowest BCUT2D eigenvalue weighted by Gasteiger charge is -2.15. The van der Waals surface area contributed by atoms with Crippen LogP contribution in [0.25, 0.3) is 0 Å². The largest absolute Gasteiger partial charge is 0.325 e.